The number of rotatable bonds is 4. The predicted octanol–water partition coefficient (Wildman–Crippen LogP) is 3.59. The third-order valence-electron chi connectivity index (χ3n) is 3.30. The standard InChI is InChI=1S/C17H15N3O2S2/c1-18-16(22)20-15(21)14(11-7-3-2-4-8-11)24-17-19-12-9-5-6-10-13(12)23-17/h2-10,14H,1H3,(H2,18,20,21,22)/t14-/m1/s1. The molecule has 3 amide bonds. The van der Waals surface area contributed by atoms with Crippen molar-refractivity contribution in [2.24, 2.45) is 0 Å². The van der Waals surface area contributed by atoms with Gasteiger partial charge in [-0.1, -0.05) is 54.2 Å². The largest absolute Gasteiger partial charge is 0.341 e. The molecule has 3 rings (SSSR count). The molecule has 0 radical (unpaired) electrons. The van der Waals surface area contributed by atoms with E-state index in [1.807, 2.05) is 54.6 Å². The number of benzene rings is 2. The van der Waals surface area contributed by atoms with Crippen LogP contribution in [0.4, 0.5) is 4.79 Å². The van der Waals surface area contributed by atoms with Gasteiger partial charge in [0.25, 0.3) is 0 Å². The molecule has 0 bridgehead atoms. The Balaban J connectivity index is 1.89. The van der Waals surface area contributed by atoms with Crippen LogP contribution in [0.15, 0.2) is 58.9 Å². The lowest BCUT2D eigenvalue weighted by atomic mass is 10.1. The van der Waals surface area contributed by atoms with Crippen molar-refractivity contribution in [3.05, 3.63) is 60.2 Å². The van der Waals surface area contributed by atoms with Gasteiger partial charge < -0.3 is 5.32 Å². The van der Waals surface area contributed by atoms with E-state index in [-0.39, 0.29) is 5.91 Å². The fraction of sp³-hybridized carbons (Fsp3) is 0.118. The highest BCUT2D eigenvalue weighted by atomic mass is 32.2. The van der Waals surface area contributed by atoms with E-state index in [1.54, 1.807) is 0 Å². The number of thioether (sulfide) groups is 1. The molecule has 122 valence electrons. The van der Waals surface area contributed by atoms with Crippen molar-refractivity contribution in [1.82, 2.24) is 15.6 Å². The van der Waals surface area contributed by atoms with Crippen LogP contribution in [0.1, 0.15) is 10.8 Å². The van der Waals surface area contributed by atoms with E-state index >= 15 is 0 Å². The summed E-state index contributed by atoms with van der Waals surface area (Å²) >= 11 is 2.88. The van der Waals surface area contributed by atoms with Gasteiger partial charge in [0.2, 0.25) is 5.91 Å². The van der Waals surface area contributed by atoms with Crippen LogP contribution in [0, 0.1) is 0 Å². The first-order valence-electron chi connectivity index (χ1n) is 7.27. The maximum atomic E-state index is 12.5. The summed E-state index contributed by atoms with van der Waals surface area (Å²) in [7, 11) is 1.47. The molecule has 0 saturated carbocycles. The van der Waals surface area contributed by atoms with Crippen LogP contribution in [0.5, 0.6) is 0 Å². The van der Waals surface area contributed by atoms with E-state index in [0.29, 0.717) is 0 Å². The molecule has 7 heteroatoms. The number of hydrogen-bond acceptors (Lipinski definition) is 5. The number of carbonyl (C=O) groups excluding carboxylic acids is 2. The van der Waals surface area contributed by atoms with E-state index in [4.69, 9.17) is 0 Å². The fourth-order valence-corrected chi connectivity index (χ4v) is 4.40. The number of imide groups is 1. The van der Waals surface area contributed by atoms with Gasteiger partial charge in [0.05, 0.1) is 10.2 Å². The summed E-state index contributed by atoms with van der Waals surface area (Å²) in [6.45, 7) is 0. The minimum Gasteiger partial charge on any atom is -0.341 e. The van der Waals surface area contributed by atoms with Gasteiger partial charge in [-0.25, -0.2) is 9.78 Å². The van der Waals surface area contributed by atoms with Gasteiger partial charge >= 0.3 is 6.03 Å². The molecule has 1 heterocycles. The molecule has 24 heavy (non-hydrogen) atoms. The second-order valence-corrected chi connectivity index (χ2v) is 7.31. The zero-order valence-electron chi connectivity index (χ0n) is 12.9. The molecule has 0 spiro atoms. The SMILES string of the molecule is CNC(=O)NC(=O)[C@H](Sc1nc2ccccc2s1)c1ccccc1. The fourth-order valence-electron chi connectivity index (χ4n) is 2.14. The summed E-state index contributed by atoms with van der Waals surface area (Å²) in [6, 6.07) is 16.7. The van der Waals surface area contributed by atoms with Gasteiger partial charge in [0, 0.05) is 7.05 Å². The molecule has 5 nitrogen and oxygen atoms in total. The quantitative estimate of drug-likeness (QED) is 0.700. The lowest BCUT2D eigenvalue weighted by molar-refractivity contribution is -0.119. The first-order chi connectivity index (χ1) is 11.7. The van der Waals surface area contributed by atoms with Gasteiger partial charge in [-0.3, -0.25) is 10.1 Å². The van der Waals surface area contributed by atoms with Crippen LogP contribution < -0.4 is 10.6 Å². The van der Waals surface area contributed by atoms with Crippen molar-refractivity contribution >= 4 is 45.3 Å². The van der Waals surface area contributed by atoms with Crippen molar-refractivity contribution in [3.8, 4) is 0 Å². The highest BCUT2D eigenvalue weighted by molar-refractivity contribution is 8.02. The maximum Gasteiger partial charge on any atom is 0.321 e. The van der Waals surface area contributed by atoms with E-state index in [1.165, 1.54) is 30.1 Å². The Bertz CT molecular complexity index is 831. The van der Waals surface area contributed by atoms with Crippen molar-refractivity contribution < 1.29 is 9.59 Å². The van der Waals surface area contributed by atoms with Gasteiger partial charge in [-0.2, -0.15) is 0 Å². The molecule has 2 N–H and O–H groups in total. The Labute approximate surface area is 147 Å². The number of para-hydroxylation sites is 1. The Morgan fingerprint density at radius 3 is 2.50 bits per heavy atom. The summed E-state index contributed by atoms with van der Waals surface area (Å²) < 4.78 is 1.86. The highest BCUT2D eigenvalue weighted by Crippen LogP contribution is 2.39. The minimum atomic E-state index is -0.552. The van der Waals surface area contributed by atoms with Gasteiger partial charge in [0.1, 0.15) is 5.25 Å². The normalized spacial score (nSPS) is 11.9. The average Bonchev–Trinajstić information content (AvgIpc) is 3.02. The average molecular weight is 357 g/mol. The van der Waals surface area contributed by atoms with E-state index in [9.17, 15) is 9.59 Å². The third-order valence-corrected chi connectivity index (χ3v) is 5.68. The Morgan fingerprint density at radius 2 is 1.79 bits per heavy atom. The predicted molar refractivity (Wildman–Crippen MR) is 97.3 cm³/mol. The molecule has 0 aliphatic heterocycles. The molecule has 0 unspecified atom stereocenters. The number of nitrogens with one attached hydrogen (secondary N) is 2. The van der Waals surface area contributed by atoms with E-state index in [0.717, 1.165) is 20.1 Å². The van der Waals surface area contributed by atoms with E-state index < -0.39 is 11.3 Å². The van der Waals surface area contributed by atoms with Gasteiger partial charge in [-0.05, 0) is 17.7 Å². The van der Waals surface area contributed by atoms with Crippen molar-refractivity contribution in [2.45, 2.75) is 9.59 Å². The lowest BCUT2D eigenvalue weighted by Gasteiger charge is -2.14. The van der Waals surface area contributed by atoms with Crippen molar-refractivity contribution in [1.29, 1.82) is 0 Å². The summed E-state index contributed by atoms with van der Waals surface area (Å²) in [6.07, 6.45) is 0. The summed E-state index contributed by atoms with van der Waals surface area (Å²) in [4.78, 5) is 28.6. The second-order valence-electron chi connectivity index (χ2n) is 4.92. The molecule has 1 aromatic heterocycles. The number of carbonyl (C=O) groups is 2. The number of fused-ring (bicyclic) bond motifs is 1. The first-order valence-corrected chi connectivity index (χ1v) is 8.97. The van der Waals surface area contributed by atoms with Crippen molar-refractivity contribution in [2.75, 3.05) is 7.05 Å². The number of hydrogen-bond donors (Lipinski definition) is 2. The summed E-state index contributed by atoms with van der Waals surface area (Å²) in [5.41, 5.74) is 1.73. The second kappa shape index (κ2) is 7.46. The minimum absolute atomic E-state index is 0.371. The smallest absolute Gasteiger partial charge is 0.321 e. The molecule has 0 aliphatic rings. The topological polar surface area (TPSA) is 71.1 Å². The number of urea groups is 1. The summed E-state index contributed by atoms with van der Waals surface area (Å²) in [5, 5.41) is 4.19. The van der Waals surface area contributed by atoms with Crippen LogP contribution in [0.2, 0.25) is 0 Å². The molecule has 0 fully saturated rings. The Kier molecular flexibility index (Phi) is 5.12. The molecular formula is C17H15N3O2S2. The molecule has 0 aliphatic carbocycles. The monoisotopic (exact) mass is 357 g/mol. The first kappa shape index (κ1) is 16.5. The van der Waals surface area contributed by atoms with E-state index in [2.05, 4.69) is 15.6 Å². The molecule has 3 aromatic rings. The Hall–Kier alpha value is -2.38. The molecule has 0 saturated heterocycles. The zero-order valence-corrected chi connectivity index (χ0v) is 14.5. The maximum absolute atomic E-state index is 12.5. The molecular weight excluding hydrogens is 342 g/mol. The highest BCUT2D eigenvalue weighted by Gasteiger charge is 2.25. The Morgan fingerprint density at radius 1 is 1.08 bits per heavy atom. The zero-order chi connectivity index (χ0) is 16.9. The van der Waals surface area contributed by atoms with Crippen LogP contribution in [-0.4, -0.2) is 24.0 Å². The van der Waals surface area contributed by atoms with Crippen LogP contribution >= 0.6 is 23.1 Å². The third kappa shape index (κ3) is 3.74. The number of aromatic nitrogens is 1. The number of nitrogens with zero attached hydrogens (tertiary/aromatic N) is 1. The van der Waals surface area contributed by atoms with Crippen LogP contribution in [0.3, 0.4) is 0 Å². The van der Waals surface area contributed by atoms with Gasteiger partial charge in [-0.15, -0.1) is 11.3 Å². The van der Waals surface area contributed by atoms with Crippen LogP contribution in [-0.2, 0) is 4.79 Å². The lowest BCUT2D eigenvalue weighted by Crippen LogP contribution is -2.39. The molecule has 1 atom stereocenters. The van der Waals surface area contributed by atoms with Crippen LogP contribution in [0.25, 0.3) is 10.2 Å². The summed E-state index contributed by atoms with van der Waals surface area (Å²) in [5.74, 6) is -0.371. The van der Waals surface area contributed by atoms with Gasteiger partial charge in [0.15, 0.2) is 4.34 Å². The number of amides is 3. The molecule has 2 aromatic carbocycles. The number of thiazole rings is 1. The van der Waals surface area contributed by atoms with Crippen molar-refractivity contribution in [3.63, 3.8) is 0 Å².